The second-order valence-corrected chi connectivity index (χ2v) is 15.3. The lowest BCUT2D eigenvalue weighted by Crippen LogP contribution is -2.46. The van der Waals surface area contributed by atoms with E-state index in [1.54, 1.807) is 12.1 Å². The molecule has 0 bridgehead atoms. The lowest BCUT2D eigenvalue weighted by atomic mass is 9.77. The molecule has 0 saturated carbocycles. The summed E-state index contributed by atoms with van der Waals surface area (Å²) in [7, 11) is -0.940. The molecule has 9 rings (SSSR count). The summed E-state index contributed by atoms with van der Waals surface area (Å²) in [6.07, 6.45) is 0.561. The van der Waals surface area contributed by atoms with Crippen LogP contribution in [-0.2, 0) is 15.7 Å². The monoisotopic (exact) mass is 773 g/mol. The zero-order valence-electron chi connectivity index (χ0n) is 29.9. The van der Waals surface area contributed by atoms with Crippen molar-refractivity contribution in [1.29, 1.82) is 0 Å². The van der Waals surface area contributed by atoms with Gasteiger partial charge >= 0.3 is 7.12 Å². The molecular formula is C45H34BBrFN3O3. The van der Waals surface area contributed by atoms with Gasteiger partial charge in [-0.25, -0.2) is 19.3 Å². The van der Waals surface area contributed by atoms with Crippen LogP contribution in [0.25, 0.3) is 67.2 Å². The van der Waals surface area contributed by atoms with Crippen molar-refractivity contribution < 1.29 is 18.1 Å². The number of furan rings is 1. The van der Waals surface area contributed by atoms with E-state index in [1.807, 2.05) is 99.6 Å². The summed E-state index contributed by atoms with van der Waals surface area (Å²) in [5.74, 6) is 1.06. The highest BCUT2D eigenvalue weighted by molar-refractivity contribution is 9.10. The minimum Gasteiger partial charge on any atom is -0.456 e. The third kappa shape index (κ3) is 6.32. The quantitative estimate of drug-likeness (QED) is 0.150. The van der Waals surface area contributed by atoms with E-state index in [1.165, 1.54) is 6.07 Å². The lowest BCUT2D eigenvalue weighted by molar-refractivity contribution is -0.00876. The van der Waals surface area contributed by atoms with E-state index < -0.39 is 24.1 Å². The Labute approximate surface area is 321 Å². The molecule has 1 saturated heterocycles. The Kier molecular flexibility index (Phi) is 8.53. The van der Waals surface area contributed by atoms with Crippen molar-refractivity contribution in [3.63, 3.8) is 0 Å². The van der Waals surface area contributed by atoms with Crippen molar-refractivity contribution in [3.05, 3.63) is 155 Å². The fraction of sp³-hybridized carbons (Fsp3) is 0.133. The van der Waals surface area contributed by atoms with Crippen LogP contribution in [0.15, 0.2) is 148 Å². The van der Waals surface area contributed by atoms with Gasteiger partial charge in [0.1, 0.15) is 17.0 Å². The molecular weight excluding hydrogens is 740 g/mol. The van der Waals surface area contributed by atoms with Gasteiger partial charge in [-0.1, -0.05) is 107 Å². The van der Waals surface area contributed by atoms with Crippen LogP contribution in [0.1, 0.15) is 26.3 Å². The molecule has 6 aromatic carbocycles. The van der Waals surface area contributed by atoms with E-state index >= 15 is 4.39 Å². The average molecular weight is 774 g/mol. The number of hydrogen-bond donors (Lipinski definition) is 0. The van der Waals surface area contributed by atoms with Gasteiger partial charge in [-0.15, -0.1) is 0 Å². The molecule has 1 unspecified atom stereocenters. The maximum Gasteiger partial charge on any atom is 0.497 e. The van der Waals surface area contributed by atoms with Crippen LogP contribution in [0.4, 0.5) is 4.39 Å². The molecule has 1 aliphatic rings. The summed E-state index contributed by atoms with van der Waals surface area (Å²) in [6, 6.07) is 45.2. The summed E-state index contributed by atoms with van der Waals surface area (Å²) in [5.41, 5.74) is 6.12. The van der Waals surface area contributed by atoms with Crippen LogP contribution in [-0.4, -0.2) is 33.3 Å². The first-order chi connectivity index (χ1) is 26.1. The highest BCUT2D eigenvalue weighted by Crippen LogP contribution is 2.41. The van der Waals surface area contributed by atoms with E-state index in [0.717, 1.165) is 54.2 Å². The molecule has 2 aromatic heterocycles. The molecule has 3 heterocycles. The SMILES string of the molecule is CC1(C)OB(c2cc(-c3nc(-c4ccccc4)nc(-c4ccccc4)n3)ccc2F)OC1(C)Cc1ccc(-c2ccc3oc4ccc(Br)cc4c3c2)cc1. The van der Waals surface area contributed by atoms with Crippen LogP contribution in [0.2, 0.25) is 0 Å². The lowest BCUT2D eigenvalue weighted by Gasteiger charge is -2.36. The van der Waals surface area contributed by atoms with Gasteiger partial charge in [-0.05, 0) is 86.0 Å². The predicted molar refractivity (Wildman–Crippen MR) is 217 cm³/mol. The van der Waals surface area contributed by atoms with Crippen molar-refractivity contribution in [2.24, 2.45) is 0 Å². The van der Waals surface area contributed by atoms with Gasteiger partial charge in [0.15, 0.2) is 17.5 Å². The Bertz CT molecular complexity index is 2610. The average Bonchev–Trinajstić information content (AvgIpc) is 3.67. The van der Waals surface area contributed by atoms with E-state index in [4.69, 9.17) is 28.7 Å². The summed E-state index contributed by atoms with van der Waals surface area (Å²) in [4.78, 5) is 14.5. The first kappa shape index (κ1) is 34.3. The van der Waals surface area contributed by atoms with Crippen LogP contribution < -0.4 is 5.46 Å². The van der Waals surface area contributed by atoms with E-state index in [2.05, 4.69) is 58.4 Å². The number of halogens is 2. The fourth-order valence-electron chi connectivity index (χ4n) is 7.11. The Morgan fingerprint density at radius 3 is 1.78 bits per heavy atom. The topological polar surface area (TPSA) is 70.3 Å². The van der Waals surface area contributed by atoms with Gasteiger partial charge < -0.3 is 13.7 Å². The number of rotatable bonds is 7. The van der Waals surface area contributed by atoms with Crippen LogP contribution in [0.5, 0.6) is 0 Å². The summed E-state index contributed by atoms with van der Waals surface area (Å²) in [5, 5.41) is 2.15. The van der Waals surface area contributed by atoms with Gasteiger partial charge in [-0.3, -0.25) is 0 Å². The number of fused-ring (bicyclic) bond motifs is 3. The fourth-order valence-corrected chi connectivity index (χ4v) is 7.47. The van der Waals surface area contributed by atoms with E-state index in [0.29, 0.717) is 29.5 Å². The molecule has 1 fully saturated rings. The number of benzene rings is 6. The third-order valence-electron chi connectivity index (χ3n) is 10.5. The largest absolute Gasteiger partial charge is 0.497 e. The van der Waals surface area contributed by atoms with E-state index in [-0.39, 0.29) is 5.46 Å². The predicted octanol–water partition coefficient (Wildman–Crippen LogP) is 10.9. The zero-order chi connectivity index (χ0) is 37.0. The molecule has 0 amide bonds. The van der Waals surface area contributed by atoms with Gasteiger partial charge in [-0.2, -0.15) is 0 Å². The molecule has 0 radical (unpaired) electrons. The van der Waals surface area contributed by atoms with Crippen molar-refractivity contribution in [2.75, 3.05) is 0 Å². The zero-order valence-corrected chi connectivity index (χ0v) is 31.5. The van der Waals surface area contributed by atoms with Crippen molar-refractivity contribution in [2.45, 2.75) is 38.4 Å². The van der Waals surface area contributed by atoms with Crippen LogP contribution in [0.3, 0.4) is 0 Å². The van der Waals surface area contributed by atoms with Crippen LogP contribution >= 0.6 is 15.9 Å². The highest BCUT2D eigenvalue weighted by Gasteiger charge is 2.55. The summed E-state index contributed by atoms with van der Waals surface area (Å²) in [6.45, 7) is 6.02. The smallest absolute Gasteiger partial charge is 0.456 e. The molecule has 0 aliphatic carbocycles. The highest BCUT2D eigenvalue weighted by atomic mass is 79.9. The summed E-state index contributed by atoms with van der Waals surface area (Å²) < 4.78 is 36.0. The molecule has 0 spiro atoms. The Morgan fingerprint density at radius 1 is 0.574 bits per heavy atom. The van der Waals surface area contributed by atoms with Crippen molar-refractivity contribution in [1.82, 2.24) is 15.0 Å². The summed E-state index contributed by atoms with van der Waals surface area (Å²) >= 11 is 3.59. The molecule has 8 aromatic rings. The Balaban J connectivity index is 0.994. The Hall–Kier alpha value is -5.48. The number of aromatic nitrogens is 3. The molecule has 264 valence electrons. The first-order valence-corrected chi connectivity index (χ1v) is 18.7. The second-order valence-electron chi connectivity index (χ2n) is 14.4. The van der Waals surface area contributed by atoms with Gasteiger partial charge in [0.05, 0.1) is 11.2 Å². The van der Waals surface area contributed by atoms with Gasteiger partial charge in [0.25, 0.3) is 0 Å². The molecule has 1 aliphatic heterocycles. The van der Waals surface area contributed by atoms with Gasteiger partial charge in [0, 0.05) is 43.8 Å². The molecule has 9 heteroatoms. The first-order valence-electron chi connectivity index (χ1n) is 17.9. The molecule has 6 nitrogen and oxygen atoms in total. The van der Waals surface area contributed by atoms with Crippen LogP contribution in [0, 0.1) is 5.82 Å². The van der Waals surface area contributed by atoms with Crippen molar-refractivity contribution >= 4 is 50.4 Å². The normalized spacial score (nSPS) is 16.7. The maximum atomic E-state index is 15.7. The number of nitrogens with zero attached hydrogens (tertiary/aromatic N) is 3. The minimum absolute atomic E-state index is 0.289. The standard InChI is InChI=1S/C45H34BBrFN3O3/c1-44(2)45(3,27-28-14-16-29(17-15-28)32-19-22-39-35(24-32)36-26-34(47)20-23-40(36)52-39)54-46(53-44)37-25-33(18-21-38(37)48)43-50-41(30-10-6-4-7-11-30)49-42(51-43)31-12-8-5-9-13-31/h4-26H,27H2,1-3H3. The van der Waals surface area contributed by atoms with Crippen molar-refractivity contribution in [3.8, 4) is 45.3 Å². The number of hydrogen-bond acceptors (Lipinski definition) is 6. The third-order valence-corrected chi connectivity index (χ3v) is 11.0. The van der Waals surface area contributed by atoms with Gasteiger partial charge in [0.2, 0.25) is 0 Å². The second kappa shape index (κ2) is 13.4. The molecule has 0 N–H and O–H groups in total. The minimum atomic E-state index is -0.940. The molecule has 1 atom stereocenters. The van der Waals surface area contributed by atoms with E-state index in [9.17, 15) is 0 Å². The molecule has 54 heavy (non-hydrogen) atoms. The maximum absolute atomic E-state index is 15.7. The Morgan fingerprint density at radius 2 is 1.13 bits per heavy atom.